The predicted molar refractivity (Wildman–Crippen MR) is 104 cm³/mol. The number of sulfonamides is 1. The normalized spacial score (nSPS) is 15.2. The fraction of sp³-hybridized carbons (Fsp3) is 0.316. The predicted octanol–water partition coefficient (Wildman–Crippen LogP) is 3.20. The van der Waals surface area contributed by atoms with Gasteiger partial charge in [-0.25, -0.2) is 13.2 Å². The number of carbonyl (C=O) groups is 1. The van der Waals surface area contributed by atoms with E-state index in [0.29, 0.717) is 12.2 Å². The molecule has 0 radical (unpaired) electrons. The first-order valence-electron chi connectivity index (χ1n) is 8.53. The lowest BCUT2D eigenvalue weighted by atomic mass is 10.1. The van der Waals surface area contributed by atoms with Crippen LogP contribution in [0.15, 0.2) is 48.5 Å². The van der Waals surface area contributed by atoms with Crippen LogP contribution in [0.4, 0.5) is 16.2 Å². The summed E-state index contributed by atoms with van der Waals surface area (Å²) in [6.45, 7) is 3.32. The summed E-state index contributed by atoms with van der Waals surface area (Å²) < 4.78 is 27.4. The molecule has 0 aliphatic carbocycles. The SMILES string of the molecule is Cc1ccccc1CS(=O)(=O)Nc1ccc(N2CCCN(C)C2=O)cc1. The van der Waals surface area contributed by atoms with Gasteiger partial charge >= 0.3 is 6.03 Å². The van der Waals surface area contributed by atoms with E-state index in [-0.39, 0.29) is 11.8 Å². The first-order valence-corrected chi connectivity index (χ1v) is 10.2. The van der Waals surface area contributed by atoms with E-state index in [1.807, 2.05) is 31.2 Å². The minimum absolute atomic E-state index is 0.0378. The van der Waals surface area contributed by atoms with Crippen LogP contribution >= 0.6 is 0 Å². The molecule has 0 aromatic heterocycles. The summed E-state index contributed by atoms with van der Waals surface area (Å²) in [6, 6.07) is 14.3. The van der Waals surface area contributed by atoms with Gasteiger partial charge in [-0.1, -0.05) is 24.3 Å². The standard InChI is InChI=1S/C19H23N3O3S/c1-15-6-3-4-7-16(15)14-26(24,25)20-17-8-10-18(11-9-17)22-13-5-12-21(2)19(22)23/h3-4,6-11,20H,5,12-14H2,1-2H3. The molecular formula is C19H23N3O3S. The third-order valence-electron chi connectivity index (χ3n) is 4.49. The first-order chi connectivity index (χ1) is 12.4. The third kappa shape index (κ3) is 4.16. The second kappa shape index (κ2) is 7.37. The van der Waals surface area contributed by atoms with Gasteiger partial charge in [-0.2, -0.15) is 0 Å². The molecular weight excluding hydrogens is 350 g/mol. The van der Waals surface area contributed by atoms with Crippen LogP contribution in [0.3, 0.4) is 0 Å². The smallest absolute Gasteiger partial charge is 0.324 e. The van der Waals surface area contributed by atoms with Crippen molar-refractivity contribution >= 4 is 27.4 Å². The molecule has 1 fully saturated rings. The van der Waals surface area contributed by atoms with Crippen molar-refractivity contribution < 1.29 is 13.2 Å². The molecule has 138 valence electrons. The van der Waals surface area contributed by atoms with Crippen molar-refractivity contribution in [3.05, 3.63) is 59.7 Å². The van der Waals surface area contributed by atoms with Gasteiger partial charge in [0.05, 0.1) is 5.75 Å². The molecule has 7 heteroatoms. The van der Waals surface area contributed by atoms with Crippen molar-refractivity contribution in [3.8, 4) is 0 Å². The molecule has 2 amide bonds. The molecule has 6 nitrogen and oxygen atoms in total. The van der Waals surface area contributed by atoms with Crippen LogP contribution in [0.25, 0.3) is 0 Å². The average Bonchev–Trinajstić information content (AvgIpc) is 2.60. The van der Waals surface area contributed by atoms with Gasteiger partial charge < -0.3 is 4.90 Å². The molecule has 0 atom stereocenters. The summed E-state index contributed by atoms with van der Waals surface area (Å²) in [5.74, 6) is -0.0726. The topological polar surface area (TPSA) is 69.7 Å². The highest BCUT2D eigenvalue weighted by Crippen LogP contribution is 2.23. The molecule has 1 aliphatic heterocycles. The van der Waals surface area contributed by atoms with E-state index in [0.717, 1.165) is 29.8 Å². The number of benzene rings is 2. The molecule has 2 aromatic rings. The number of nitrogens with zero attached hydrogens (tertiary/aromatic N) is 2. The summed E-state index contributed by atoms with van der Waals surface area (Å²) in [5.41, 5.74) is 2.98. The van der Waals surface area contributed by atoms with E-state index in [1.165, 1.54) is 0 Å². The van der Waals surface area contributed by atoms with Crippen molar-refractivity contribution in [2.75, 3.05) is 29.8 Å². The molecule has 3 rings (SSSR count). The van der Waals surface area contributed by atoms with Crippen molar-refractivity contribution in [1.29, 1.82) is 0 Å². The number of anilines is 2. The number of nitrogens with one attached hydrogen (secondary N) is 1. The van der Waals surface area contributed by atoms with Crippen LogP contribution in [0.1, 0.15) is 17.5 Å². The molecule has 1 heterocycles. The zero-order valence-electron chi connectivity index (χ0n) is 15.0. The number of amides is 2. The largest absolute Gasteiger partial charge is 0.327 e. The van der Waals surface area contributed by atoms with Crippen molar-refractivity contribution in [3.63, 3.8) is 0 Å². The highest BCUT2D eigenvalue weighted by Gasteiger charge is 2.23. The number of hydrogen-bond acceptors (Lipinski definition) is 3. The number of hydrogen-bond donors (Lipinski definition) is 1. The maximum absolute atomic E-state index is 12.4. The number of rotatable bonds is 5. The second-order valence-corrected chi connectivity index (χ2v) is 8.27. The Bertz CT molecular complexity index is 895. The monoisotopic (exact) mass is 373 g/mol. The Kier molecular flexibility index (Phi) is 5.18. The van der Waals surface area contributed by atoms with Gasteiger partial charge in [-0.15, -0.1) is 0 Å². The number of carbonyl (C=O) groups excluding carboxylic acids is 1. The Morgan fingerprint density at radius 3 is 2.42 bits per heavy atom. The lowest BCUT2D eigenvalue weighted by molar-refractivity contribution is 0.207. The van der Waals surface area contributed by atoms with E-state index in [9.17, 15) is 13.2 Å². The highest BCUT2D eigenvalue weighted by atomic mass is 32.2. The molecule has 0 spiro atoms. The molecule has 1 aliphatic rings. The first kappa shape index (κ1) is 18.3. The summed E-state index contributed by atoms with van der Waals surface area (Å²) in [7, 11) is -1.73. The van der Waals surface area contributed by atoms with Crippen LogP contribution in [0.2, 0.25) is 0 Å². The van der Waals surface area contributed by atoms with E-state index >= 15 is 0 Å². The zero-order chi connectivity index (χ0) is 18.7. The summed E-state index contributed by atoms with van der Waals surface area (Å²) in [4.78, 5) is 15.6. The Morgan fingerprint density at radius 1 is 1.04 bits per heavy atom. The average molecular weight is 373 g/mol. The molecule has 1 saturated heterocycles. The summed E-state index contributed by atoms with van der Waals surface area (Å²) in [5, 5.41) is 0. The molecule has 2 aromatic carbocycles. The molecule has 0 saturated carbocycles. The van der Waals surface area contributed by atoms with Crippen molar-refractivity contribution in [1.82, 2.24) is 4.90 Å². The van der Waals surface area contributed by atoms with Gasteiger partial charge in [0.15, 0.2) is 0 Å². The number of urea groups is 1. The van der Waals surface area contributed by atoms with Crippen molar-refractivity contribution in [2.24, 2.45) is 0 Å². The Balaban J connectivity index is 1.71. The zero-order valence-corrected chi connectivity index (χ0v) is 15.8. The van der Waals surface area contributed by atoms with Gasteiger partial charge in [-0.3, -0.25) is 9.62 Å². The van der Waals surface area contributed by atoms with Crippen molar-refractivity contribution in [2.45, 2.75) is 19.1 Å². The third-order valence-corrected chi connectivity index (χ3v) is 5.73. The van der Waals surface area contributed by atoms with Crippen LogP contribution in [0.5, 0.6) is 0 Å². The second-order valence-electron chi connectivity index (χ2n) is 6.54. The van der Waals surface area contributed by atoms with Gasteiger partial charge in [-0.05, 0) is 48.7 Å². The van der Waals surface area contributed by atoms with Gasteiger partial charge in [0.2, 0.25) is 10.0 Å². The Hall–Kier alpha value is -2.54. The van der Waals surface area contributed by atoms with E-state index in [1.54, 1.807) is 41.1 Å². The van der Waals surface area contributed by atoms with Crippen LogP contribution in [0, 0.1) is 6.92 Å². The summed E-state index contributed by atoms with van der Waals surface area (Å²) >= 11 is 0. The van der Waals surface area contributed by atoms with Gasteiger partial charge in [0, 0.05) is 31.5 Å². The Labute approximate surface area is 154 Å². The lowest BCUT2D eigenvalue weighted by Gasteiger charge is -2.33. The van der Waals surface area contributed by atoms with Crippen LogP contribution < -0.4 is 9.62 Å². The maximum atomic E-state index is 12.4. The molecule has 26 heavy (non-hydrogen) atoms. The lowest BCUT2D eigenvalue weighted by Crippen LogP contribution is -2.47. The van der Waals surface area contributed by atoms with Crippen LogP contribution in [-0.4, -0.2) is 39.5 Å². The molecule has 0 bridgehead atoms. The maximum Gasteiger partial charge on any atom is 0.324 e. The Morgan fingerprint density at radius 2 is 1.73 bits per heavy atom. The van der Waals surface area contributed by atoms with E-state index in [4.69, 9.17) is 0 Å². The molecule has 1 N–H and O–H groups in total. The summed E-state index contributed by atoms with van der Waals surface area (Å²) in [6.07, 6.45) is 0.910. The van der Waals surface area contributed by atoms with Gasteiger partial charge in [0.1, 0.15) is 0 Å². The number of aryl methyl sites for hydroxylation is 1. The fourth-order valence-corrected chi connectivity index (χ4v) is 4.31. The molecule has 0 unspecified atom stereocenters. The highest BCUT2D eigenvalue weighted by molar-refractivity contribution is 7.91. The minimum atomic E-state index is -3.51. The quantitative estimate of drug-likeness (QED) is 0.875. The van der Waals surface area contributed by atoms with Gasteiger partial charge in [0.25, 0.3) is 0 Å². The van der Waals surface area contributed by atoms with E-state index < -0.39 is 10.0 Å². The van der Waals surface area contributed by atoms with Crippen LogP contribution in [-0.2, 0) is 15.8 Å². The minimum Gasteiger partial charge on any atom is -0.327 e. The van der Waals surface area contributed by atoms with E-state index in [2.05, 4.69) is 4.72 Å². The fourth-order valence-electron chi connectivity index (χ4n) is 3.00.